The number of methoxy groups -OCH3 is 1. The number of ether oxygens (including phenoxy) is 1. The van der Waals surface area contributed by atoms with E-state index >= 15 is 0 Å². The van der Waals surface area contributed by atoms with Gasteiger partial charge < -0.3 is 10.1 Å². The first-order valence-corrected chi connectivity index (χ1v) is 5.19. The van der Waals surface area contributed by atoms with Crippen LogP contribution in [0.15, 0.2) is 6.20 Å². The Morgan fingerprint density at radius 2 is 2.40 bits per heavy atom. The van der Waals surface area contributed by atoms with Gasteiger partial charge in [0.1, 0.15) is 0 Å². The Kier molecular flexibility index (Phi) is 5.28. The number of aryl methyl sites for hydroxylation is 1. The van der Waals surface area contributed by atoms with Crippen molar-refractivity contribution in [1.29, 1.82) is 0 Å². The molecule has 1 heterocycles. The molecule has 0 saturated heterocycles. The van der Waals surface area contributed by atoms with Crippen LogP contribution >= 0.6 is 0 Å². The fourth-order valence-electron chi connectivity index (χ4n) is 1.31. The lowest BCUT2D eigenvalue weighted by molar-refractivity contribution is 0.194. The largest absolute Gasteiger partial charge is 0.385 e. The summed E-state index contributed by atoms with van der Waals surface area (Å²) in [5, 5.41) is 7.07. The first-order chi connectivity index (χ1) is 7.29. The predicted molar refractivity (Wildman–Crippen MR) is 56.1 cm³/mol. The maximum Gasteiger partial charge on any atom is 0.215 e. The molecule has 5 heteroatoms. The lowest BCUT2D eigenvalue weighted by Crippen LogP contribution is -2.16. The number of rotatable bonds is 7. The van der Waals surface area contributed by atoms with E-state index in [1.807, 2.05) is 6.92 Å². The van der Waals surface area contributed by atoms with Gasteiger partial charge in [-0.2, -0.15) is 9.49 Å². The molecule has 4 nitrogen and oxygen atoms in total. The lowest BCUT2D eigenvalue weighted by Gasteiger charge is -2.02. The summed E-state index contributed by atoms with van der Waals surface area (Å²) in [6.45, 7) is 4.51. The minimum absolute atomic E-state index is 0.239. The molecule has 0 atom stereocenters. The minimum Gasteiger partial charge on any atom is -0.385 e. The van der Waals surface area contributed by atoms with Gasteiger partial charge in [-0.15, -0.1) is 0 Å². The van der Waals surface area contributed by atoms with Gasteiger partial charge >= 0.3 is 0 Å². The molecule has 1 aromatic rings. The second-order valence-corrected chi connectivity index (χ2v) is 3.30. The molecule has 1 N–H and O–H groups in total. The van der Waals surface area contributed by atoms with Crippen LogP contribution in [0.5, 0.6) is 0 Å². The van der Waals surface area contributed by atoms with Crippen LogP contribution in [-0.4, -0.2) is 30.0 Å². The van der Waals surface area contributed by atoms with Gasteiger partial charge in [0.05, 0.1) is 6.20 Å². The Morgan fingerprint density at radius 3 is 3.00 bits per heavy atom. The van der Waals surface area contributed by atoms with Crippen LogP contribution in [0.3, 0.4) is 0 Å². The summed E-state index contributed by atoms with van der Waals surface area (Å²) in [4.78, 5) is 0. The van der Waals surface area contributed by atoms with Crippen LogP contribution in [-0.2, 0) is 17.8 Å². The molecule has 15 heavy (non-hydrogen) atoms. The molecule has 86 valence electrons. The van der Waals surface area contributed by atoms with Gasteiger partial charge in [-0.3, -0.25) is 0 Å². The van der Waals surface area contributed by atoms with Crippen molar-refractivity contribution in [1.82, 2.24) is 15.1 Å². The third kappa shape index (κ3) is 3.60. The summed E-state index contributed by atoms with van der Waals surface area (Å²) in [6.07, 6.45) is 2.50. The number of aromatic nitrogens is 2. The fraction of sp³-hybridized carbons (Fsp3) is 0.700. The van der Waals surface area contributed by atoms with E-state index in [9.17, 15) is 4.39 Å². The average Bonchev–Trinajstić information content (AvgIpc) is 2.60. The molecule has 0 unspecified atom stereocenters. The maximum atomic E-state index is 13.4. The van der Waals surface area contributed by atoms with E-state index in [2.05, 4.69) is 10.4 Å². The topological polar surface area (TPSA) is 39.1 Å². The van der Waals surface area contributed by atoms with Crippen LogP contribution in [0.1, 0.15) is 18.9 Å². The van der Waals surface area contributed by atoms with Crippen molar-refractivity contribution in [2.24, 2.45) is 0 Å². The van der Waals surface area contributed by atoms with Crippen molar-refractivity contribution >= 4 is 0 Å². The summed E-state index contributed by atoms with van der Waals surface area (Å²) < 4.78 is 19.7. The average molecular weight is 215 g/mol. The molecular weight excluding hydrogens is 197 g/mol. The van der Waals surface area contributed by atoms with Gasteiger partial charge in [0.15, 0.2) is 0 Å². The van der Waals surface area contributed by atoms with E-state index in [1.165, 1.54) is 4.68 Å². The summed E-state index contributed by atoms with van der Waals surface area (Å²) >= 11 is 0. The van der Waals surface area contributed by atoms with E-state index in [0.29, 0.717) is 18.7 Å². The zero-order valence-electron chi connectivity index (χ0n) is 9.29. The van der Waals surface area contributed by atoms with Crippen molar-refractivity contribution in [3.05, 3.63) is 17.7 Å². The Labute approximate surface area is 89.4 Å². The quantitative estimate of drug-likeness (QED) is 0.694. The molecule has 0 amide bonds. The molecule has 0 aliphatic rings. The van der Waals surface area contributed by atoms with Gasteiger partial charge in [0.2, 0.25) is 5.95 Å². The van der Waals surface area contributed by atoms with E-state index in [4.69, 9.17) is 4.74 Å². The number of hydrogen-bond acceptors (Lipinski definition) is 3. The zero-order chi connectivity index (χ0) is 11.1. The standard InChI is InChI=1S/C10H18FN3O/c1-3-14-10(11)9(8-13-14)7-12-5-4-6-15-2/h8,12H,3-7H2,1-2H3. The van der Waals surface area contributed by atoms with Gasteiger partial charge in [-0.25, -0.2) is 4.68 Å². The zero-order valence-corrected chi connectivity index (χ0v) is 9.29. The van der Waals surface area contributed by atoms with Crippen molar-refractivity contribution in [2.75, 3.05) is 20.3 Å². The summed E-state index contributed by atoms with van der Waals surface area (Å²) in [6, 6.07) is 0. The number of nitrogens with one attached hydrogen (secondary N) is 1. The van der Waals surface area contributed by atoms with E-state index in [-0.39, 0.29) is 5.95 Å². The van der Waals surface area contributed by atoms with Crippen molar-refractivity contribution in [3.8, 4) is 0 Å². The molecule has 1 aromatic heterocycles. The highest BCUT2D eigenvalue weighted by atomic mass is 19.1. The molecule has 0 aliphatic carbocycles. The first kappa shape index (κ1) is 12.1. The Hall–Kier alpha value is -0.940. The second kappa shape index (κ2) is 6.53. The van der Waals surface area contributed by atoms with E-state index in [1.54, 1.807) is 13.3 Å². The van der Waals surface area contributed by atoms with E-state index in [0.717, 1.165) is 19.6 Å². The highest BCUT2D eigenvalue weighted by molar-refractivity contribution is 5.06. The van der Waals surface area contributed by atoms with Crippen molar-refractivity contribution in [2.45, 2.75) is 26.4 Å². The molecule has 0 spiro atoms. The summed E-state index contributed by atoms with van der Waals surface area (Å²) in [5.74, 6) is -0.239. The minimum atomic E-state index is -0.239. The number of halogens is 1. The first-order valence-electron chi connectivity index (χ1n) is 5.19. The molecular formula is C10H18FN3O. The monoisotopic (exact) mass is 215 g/mol. The van der Waals surface area contributed by atoms with Crippen molar-refractivity contribution < 1.29 is 9.13 Å². The number of hydrogen-bond donors (Lipinski definition) is 1. The summed E-state index contributed by atoms with van der Waals surface area (Å²) in [7, 11) is 1.67. The Bertz CT molecular complexity index is 288. The molecule has 0 fully saturated rings. The van der Waals surface area contributed by atoms with Gasteiger partial charge in [0.25, 0.3) is 0 Å². The fourth-order valence-corrected chi connectivity index (χ4v) is 1.31. The third-order valence-electron chi connectivity index (χ3n) is 2.16. The van der Waals surface area contributed by atoms with Crippen LogP contribution in [0.25, 0.3) is 0 Å². The predicted octanol–water partition coefficient (Wildman–Crippen LogP) is 1.17. The molecule has 0 saturated carbocycles. The molecule has 0 aromatic carbocycles. The molecule has 0 bridgehead atoms. The molecule has 1 rings (SSSR count). The maximum absolute atomic E-state index is 13.4. The third-order valence-corrected chi connectivity index (χ3v) is 2.16. The summed E-state index contributed by atoms with van der Waals surface area (Å²) in [5.41, 5.74) is 0.620. The highest BCUT2D eigenvalue weighted by Gasteiger charge is 2.07. The van der Waals surface area contributed by atoms with Gasteiger partial charge in [0, 0.05) is 32.4 Å². The smallest absolute Gasteiger partial charge is 0.215 e. The Morgan fingerprint density at radius 1 is 1.60 bits per heavy atom. The normalized spacial score (nSPS) is 10.9. The molecule has 0 radical (unpaired) electrons. The second-order valence-electron chi connectivity index (χ2n) is 3.30. The van der Waals surface area contributed by atoms with Crippen LogP contribution in [0.4, 0.5) is 4.39 Å². The van der Waals surface area contributed by atoms with Crippen LogP contribution in [0.2, 0.25) is 0 Å². The highest BCUT2D eigenvalue weighted by Crippen LogP contribution is 2.05. The SMILES string of the molecule is CCn1ncc(CNCCCOC)c1F. The van der Waals surface area contributed by atoms with Gasteiger partial charge in [-0.1, -0.05) is 0 Å². The van der Waals surface area contributed by atoms with E-state index < -0.39 is 0 Å². The van der Waals surface area contributed by atoms with Crippen molar-refractivity contribution in [3.63, 3.8) is 0 Å². The Balaban J connectivity index is 2.28. The van der Waals surface area contributed by atoms with Crippen LogP contribution in [0, 0.1) is 5.95 Å². The molecule has 0 aliphatic heterocycles. The van der Waals surface area contributed by atoms with Crippen LogP contribution < -0.4 is 5.32 Å². The lowest BCUT2D eigenvalue weighted by atomic mass is 10.3. The number of nitrogens with zero attached hydrogens (tertiary/aromatic N) is 2. The van der Waals surface area contributed by atoms with Gasteiger partial charge in [-0.05, 0) is 19.9 Å².